The number of amides is 1. The van der Waals surface area contributed by atoms with Gasteiger partial charge in [-0.25, -0.2) is 0 Å². The Bertz CT molecular complexity index is 372. The molecule has 0 unspecified atom stereocenters. The van der Waals surface area contributed by atoms with E-state index >= 15 is 0 Å². The topological polar surface area (TPSA) is 41.6 Å². The molecule has 19 heavy (non-hydrogen) atoms. The molecule has 0 bridgehead atoms. The van der Waals surface area contributed by atoms with Gasteiger partial charge in [-0.05, 0) is 24.2 Å². The van der Waals surface area contributed by atoms with Crippen LogP contribution in [0.4, 0.5) is 0 Å². The van der Waals surface area contributed by atoms with Gasteiger partial charge in [-0.2, -0.15) is 0 Å². The van der Waals surface area contributed by atoms with Crippen LogP contribution in [0.3, 0.4) is 0 Å². The third-order valence-electron chi connectivity index (χ3n) is 3.09. The van der Waals surface area contributed by atoms with E-state index in [0.717, 1.165) is 25.2 Å². The second kappa shape index (κ2) is 8.67. The molecule has 1 aromatic carbocycles. The minimum Gasteiger partial charge on any atom is -0.375 e. The fourth-order valence-electron chi connectivity index (χ4n) is 1.85. The molecule has 0 aromatic heterocycles. The SMILES string of the molecule is CCN(CC)Cc1ccc(CNC(=O)COC)cc1. The van der Waals surface area contributed by atoms with Crippen LogP contribution in [-0.2, 0) is 22.6 Å². The van der Waals surface area contributed by atoms with Crippen molar-refractivity contribution in [2.24, 2.45) is 0 Å². The maximum atomic E-state index is 11.3. The van der Waals surface area contributed by atoms with Crippen LogP contribution in [-0.4, -0.2) is 37.6 Å². The molecule has 1 amide bonds. The van der Waals surface area contributed by atoms with Crippen molar-refractivity contribution >= 4 is 5.91 Å². The minimum absolute atomic E-state index is 0.0882. The van der Waals surface area contributed by atoms with Crippen molar-refractivity contribution in [3.63, 3.8) is 0 Å². The van der Waals surface area contributed by atoms with Crippen LogP contribution in [0.5, 0.6) is 0 Å². The molecule has 0 fully saturated rings. The largest absolute Gasteiger partial charge is 0.375 e. The van der Waals surface area contributed by atoms with Crippen molar-refractivity contribution in [1.82, 2.24) is 10.2 Å². The van der Waals surface area contributed by atoms with Crippen molar-refractivity contribution in [2.75, 3.05) is 26.8 Å². The van der Waals surface area contributed by atoms with E-state index in [-0.39, 0.29) is 12.5 Å². The van der Waals surface area contributed by atoms with E-state index in [4.69, 9.17) is 4.74 Å². The van der Waals surface area contributed by atoms with E-state index < -0.39 is 0 Å². The Morgan fingerprint density at radius 3 is 2.26 bits per heavy atom. The van der Waals surface area contributed by atoms with Gasteiger partial charge < -0.3 is 10.1 Å². The van der Waals surface area contributed by atoms with E-state index in [2.05, 4.69) is 48.3 Å². The standard InChI is InChI=1S/C15H24N2O2/c1-4-17(5-2)11-14-8-6-13(7-9-14)10-16-15(18)12-19-3/h6-9H,4-5,10-12H2,1-3H3,(H,16,18). The fraction of sp³-hybridized carbons (Fsp3) is 0.533. The Morgan fingerprint density at radius 2 is 1.74 bits per heavy atom. The quantitative estimate of drug-likeness (QED) is 0.778. The Hall–Kier alpha value is -1.39. The molecule has 1 rings (SSSR count). The second-order valence-corrected chi connectivity index (χ2v) is 4.49. The lowest BCUT2D eigenvalue weighted by molar-refractivity contribution is -0.124. The van der Waals surface area contributed by atoms with Gasteiger partial charge in [0.05, 0.1) is 0 Å². The molecule has 0 saturated carbocycles. The van der Waals surface area contributed by atoms with Crippen molar-refractivity contribution < 1.29 is 9.53 Å². The predicted octanol–water partition coefficient (Wildman–Crippen LogP) is 1.79. The zero-order chi connectivity index (χ0) is 14.1. The summed E-state index contributed by atoms with van der Waals surface area (Å²) in [5.41, 5.74) is 2.41. The Balaban J connectivity index is 2.45. The number of hydrogen-bond donors (Lipinski definition) is 1. The molecule has 106 valence electrons. The van der Waals surface area contributed by atoms with Crippen molar-refractivity contribution in [3.05, 3.63) is 35.4 Å². The first-order chi connectivity index (χ1) is 9.19. The highest BCUT2D eigenvalue weighted by molar-refractivity contribution is 5.77. The van der Waals surface area contributed by atoms with E-state index in [1.165, 1.54) is 12.7 Å². The number of methoxy groups -OCH3 is 1. The number of hydrogen-bond acceptors (Lipinski definition) is 3. The molecule has 0 aliphatic rings. The normalized spacial score (nSPS) is 10.7. The lowest BCUT2D eigenvalue weighted by atomic mass is 10.1. The molecule has 4 heteroatoms. The summed E-state index contributed by atoms with van der Waals surface area (Å²) in [6.45, 7) is 8.10. The Morgan fingerprint density at radius 1 is 1.16 bits per heavy atom. The van der Waals surface area contributed by atoms with Crippen LogP contribution >= 0.6 is 0 Å². The molecular weight excluding hydrogens is 240 g/mol. The van der Waals surface area contributed by atoms with Gasteiger partial charge >= 0.3 is 0 Å². The number of rotatable bonds is 8. The zero-order valence-electron chi connectivity index (χ0n) is 12.1. The van der Waals surface area contributed by atoms with Crippen molar-refractivity contribution in [2.45, 2.75) is 26.9 Å². The number of benzene rings is 1. The first kappa shape index (κ1) is 15.7. The van der Waals surface area contributed by atoms with E-state index in [9.17, 15) is 4.79 Å². The van der Waals surface area contributed by atoms with Gasteiger partial charge in [-0.3, -0.25) is 9.69 Å². The van der Waals surface area contributed by atoms with Gasteiger partial charge in [-0.1, -0.05) is 38.1 Å². The number of nitrogens with zero attached hydrogens (tertiary/aromatic N) is 1. The Labute approximate surface area is 115 Å². The van der Waals surface area contributed by atoms with E-state index in [1.54, 1.807) is 0 Å². The van der Waals surface area contributed by atoms with Gasteiger partial charge in [0, 0.05) is 20.2 Å². The zero-order valence-corrected chi connectivity index (χ0v) is 12.1. The summed E-state index contributed by atoms with van der Waals surface area (Å²) in [4.78, 5) is 13.6. The maximum Gasteiger partial charge on any atom is 0.246 e. The summed E-state index contributed by atoms with van der Waals surface area (Å²) < 4.78 is 4.76. The molecule has 0 heterocycles. The second-order valence-electron chi connectivity index (χ2n) is 4.49. The molecule has 0 radical (unpaired) electrons. The summed E-state index contributed by atoms with van der Waals surface area (Å²) in [6, 6.07) is 8.37. The molecular formula is C15H24N2O2. The average molecular weight is 264 g/mol. The van der Waals surface area contributed by atoms with Crippen LogP contribution in [0.25, 0.3) is 0 Å². The van der Waals surface area contributed by atoms with Crippen LogP contribution in [0.2, 0.25) is 0 Å². The van der Waals surface area contributed by atoms with Crippen LogP contribution in [0, 0.1) is 0 Å². The van der Waals surface area contributed by atoms with Crippen LogP contribution < -0.4 is 5.32 Å². The Kier molecular flexibility index (Phi) is 7.15. The molecule has 0 atom stereocenters. The van der Waals surface area contributed by atoms with Gasteiger partial charge in [0.25, 0.3) is 0 Å². The van der Waals surface area contributed by atoms with Gasteiger partial charge in [-0.15, -0.1) is 0 Å². The smallest absolute Gasteiger partial charge is 0.246 e. The number of carbonyl (C=O) groups is 1. The van der Waals surface area contributed by atoms with Gasteiger partial charge in [0.2, 0.25) is 5.91 Å². The third-order valence-corrected chi connectivity index (χ3v) is 3.09. The number of carbonyl (C=O) groups excluding carboxylic acids is 1. The molecule has 0 saturated heterocycles. The third kappa shape index (κ3) is 5.85. The molecule has 1 aromatic rings. The highest BCUT2D eigenvalue weighted by Crippen LogP contribution is 2.07. The van der Waals surface area contributed by atoms with Gasteiger partial charge in [0.15, 0.2) is 0 Å². The van der Waals surface area contributed by atoms with Crippen LogP contribution in [0.1, 0.15) is 25.0 Å². The summed E-state index contributed by atoms with van der Waals surface area (Å²) >= 11 is 0. The molecule has 0 aliphatic heterocycles. The highest BCUT2D eigenvalue weighted by atomic mass is 16.5. The minimum atomic E-state index is -0.0882. The average Bonchev–Trinajstić information content (AvgIpc) is 2.44. The lowest BCUT2D eigenvalue weighted by Crippen LogP contribution is -2.26. The lowest BCUT2D eigenvalue weighted by Gasteiger charge is -2.18. The monoisotopic (exact) mass is 264 g/mol. The number of ether oxygens (including phenoxy) is 1. The molecule has 0 spiro atoms. The highest BCUT2D eigenvalue weighted by Gasteiger charge is 2.02. The van der Waals surface area contributed by atoms with Crippen molar-refractivity contribution in [3.8, 4) is 0 Å². The van der Waals surface area contributed by atoms with Crippen molar-refractivity contribution in [1.29, 1.82) is 0 Å². The van der Waals surface area contributed by atoms with Crippen LogP contribution in [0.15, 0.2) is 24.3 Å². The first-order valence-corrected chi connectivity index (χ1v) is 6.75. The number of nitrogens with one attached hydrogen (secondary N) is 1. The van der Waals surface area contributed by atoms with E-state index in [1.807, 2.05) is 0 Å². The first-order valence-electron chi connectivity index (χ1n) is 6.75. The summed E-state index contributed by atoms with van der Waals surface area (Å²) in [6.07, 6.45) is 0. The van der Waals surface area contributed by atoms with E-state index in [0.29, 0.717) is 6.54 Å². The molecule has 0 aliphatic carbocycles. The molecule has 4 nitrogen and oxygen atoms in total. The van der Waals surface area contributed by atoms with Gasteiger partial charge in [0.1, 0.15) is 6.61 Å². The molecule has 1 N–H and O–H groups in total. The fourth-order valence-corrected chi connectivity index (χ4v) is 1.85. The maximum absolute atomic E-state index is 11.3. The summed E-state index contributed by atoms with van der Waals surface area (Å²) in [7, 11) is 1.52. The summed E-state index contributed by atoms with van der Waals surface area (Å²) in [5, 5.41) is 2.81. The summed E-state index contributed by atoms with van der Waals surface area (Å²) in [5.74, 6) is -0.0882. The predicted molar refractivity (Wildman–Crippen MR) is 76.8 cm³/mol.